The summed E-state index contributed by atoms with van der Waals surface area (Å²) in [6, 6.07) is 7.79. The van der Waals surface area contributed by atoms with Gasteiger partial charge >= 0.3 is 0 Å². The summed E-state index contributed by atoms with van der Waals surface area (Å²) in [5.74, 6) is 1.60. The fourth-order valence-corrected chi connectivity index (χ4v) is 2.30. The van der Waals surface area contributed by atoms with E-state index in [9.17, 15) is 0 Å². The first kappa shape index (κ1) is 10.3. The van der Waals surface area contributed by atoms with Crippen LogP contribution in [0.4, 0.5) is 0 Å². The lowest BCUT2D eigenvalue weighted by Crippen LogP contribution is -2.13. The number of nitrogens with zero attached hydrogens (tertiary/aromatic N) is 5. The number of hydrogen-bond acceptors (Lipinski definition) is 6. The molecule has 1 aromatic carbocycles. The Hall–Kier alpha value is -1.89. The molecule has 0 N–H and O–H groups in total. The molecular formula is C10H9N5OS. The first-order valence-electron chi connectivity index (χ1n) is 5.00. The molecule has 2 heterocycles. The van der Waals surface area contributed by atoms with Gasteiger partial charge in [-0.2, -0.15) is 0 Å². The Balaban J connectivity index is 1.95. The van der Waals surface area contributed by atoms with E-state index in [1.165, 1.54) is 4.79 Å². The Morgan fingerprint density at radius 2 is 2.12 bits per heavy atom. The Labute approximate surface area is 102 Å². The third-order valence-corrected chi connectivity index (χ3v) is 3.32. The maximum atomic E-state index is 5.12. The van der Waals surface area contributed by atoms with Crippen molar-refractivity contribution in [3.05, 3.63) is 29.8 Å². The molecule has 1 aromatic heterocycles. The molecule has 0 saturated heterocycles. The molecule has 7 heteroatoms. The normalized spacial score (nSPS) is 14.1. The molecule has 1 aliphatic heterocycles. The van der Waals surface area contributed by atoms with Gasteiger partial charge in [-0.05, 0) is 40.3 Å². The van der Waals surface area contributed by atoms with Crippen molar-refractivity contribution in [2.75, 3.05) is 12.9 Å². The van der Waals surface area contributed by atoms with Crippen LogP contribution in [0.2, 0.25) is 0 Å². The van der Waals surface area contributed by atoms with Gasteiger partial charge in [-0.3, -0.25) is 0 Å². The van der Waals surface area contributed by atoms with E-state index < -0.39 is 0 Å². The Morgan fingerprint density at radius 1 is 1.29 bits per heavy atom. The van der Waals surface area contributed by atoms with Crippen molar-refractivity contribution < 1.29 is 4.74 Å². The summed E-state index contributed by atoms with van der Waals surface area (Å²) in [5.41, 5.74) is 2.01. The molecule has 0 atom stereocenters. The number of tetrazole rings is 1. The van der Waals surface area contributed by atoms with Crippen molar-refractivity contribution in [2.24, 2.45) is 5.10 Å². The van der Waals surface area contributed by atoms with Crippen molar-refractivity contribution in [3.8, 4) is 5.75 Å². The van der Waals surface area contributed by atoms with Crippen LogP contribution in [-0.2, 0) is 0 Å². The van der Waals surface area contributed by atoms with Crippen molar-refractivity contribution in [1.82, 2.24) is 20.3 Å². The molecule has 2 aromatic rings. The molecule has 3 rings (SSSR count). The first-order valence-corrected chi connectivity index (χ1v) is 5.99. The minimum Gasteiger partial charge on any atom is -0.497 e. The number of thioether (sulfide) groups is 1. The second-order valence-corrected chi connectivity index (χ2v) is 4.36. The third-order valence-electron chi connectivity index (χ3n) is 2.40. The van der Waals surface area contributed by atoms with Crippen LogP contribution in [-0.4, -0.2) is 38.9 Å². The summed E-state index contributed by atoms with van der Waals surface area (Å²) >= 11 is 1.57. The van der Waals surface area contributed by atoms with Gasteiger partial charge in [0.1, 0.15) is 5.75 Å². The van der Waals surface area contributed by atoms with Gasteiger partial charge in [0, 0.05) is 5.75 Å². The van der Waals surface area contributed by atoms with Gasteiger partial charge in [-0.1, -0.05) is 16.9 Å². The minimum atomic E-state index is 0.724. The standard InChI is InChI=1S/C10H9N5OS/c1-16-8-4-2-7(3-5-8)9-6-17-10-11-13-14-15(10)12-9/h2-5H,6H2,1H3. The maximum absolute atomic E-state index is 5.12. The lowest BCUT2D eigenvalue weighted by molar-refractivity contribution is 0.415. The molecule has 0 saturated carbocycles. The molecular weight excluding hydrogens is 238 g/mol. The van der Waals surface area contributed by atoms with Crippen molar-refractivity contribution in [3.63, 3.8) is 0 Å². The van der Waals surface area contributed by atoms with E-state index in [0.29, 0.717) is 0 Å². The van der Waals surface area contributed by atoms with Crippen LogP contribution in [0.3, 0.4) is 0 Å². The molecule has 0 spiro atoms. The monoisotopic (exact) mass is 247 g/mol. The number of benzene rings is 1. The quantitative estimate of drug-likeness (QED) is 0.793. The van der Waals surface area contributed by atoms with Crippen LogP contribution in [0.15, 0.2) is 34.5 Å². The molecule has 6 nitrogen and oxygen atoms in total. The SMILES string of the molecule is COc1ccc(C2=Nn3nnnc3SC2)cc1. The second-order valence-electron chi connectivity index (χ2n) is 3.41. The summed E-state index contributed by atoms with van der Waals surface area (Å²) in [4.78, 5) is 1.45. The number of aromatic nitrogens is 4. The zero-order valence-electron chi connectivity index (χ0n) is 9.07. The molecule has 0 bridgehead atoms. The molecule has 0 amide bonds. The number of ether oxygens (including phenoxy) is 1. The summed E-state index contributed by atoms with van der Waals surface area (Å²) in [7, 11) is 1.65. The molecule has 17 heavy (non-hydrogen) atoms. The number of rotatable bonds is 2. The van der Waals surface area contributed by atoms with Gasteiger partial charge < -0.3 is 4.74 Å². The number of fused-ring (bicyclic) bond motifs is 1. The van der Waals surface area contributed by atoms with Crippen LogP contribution in [0.5, 0.6) is 5.75 Å². The predicted octanol–water partition coefficient (Wildman–Crippen LogP) is 1.04. The lowest BCUT2D eigenvalue weighted by Gasteiger charge is -2.11. The van der Waals surface area contributed by atoms with Gasteiger partial charge in [0.15, 0.2) is 0 Å². The average molecular weight is 247 g/mol. The molecule has 0 radical (unpaired) electrons. The van der Waals surface area contributed by atoms with Crippen molar-refractivity contribution >= 4 is 17.5 Å². The Morgan fingerprint density at radius 3 is 2.88 bits per heavy atom. The largest absolute Gasteiger partial charge is 0.497 e. The van der Waals surface area contributed by atoms with E-state index in [-0.39, 0.29) is 0 Å². The predicted molar refractivity (Wildman–Crippen MR) is 63.5 cm³/mol. The van der Waals surface area contributed by atoms with E-state index in [1.54, 1.807) is 18.9 Å². The Kier molecular flexibility index (Phi) is 2.52. The molecule has 0 unspecified atom stereocenters. The summed E-state index contributed by atoms with van der Waals surface area (Å²) in [5, 5.41) is 16.3. The van der Waals surface area contributed by atoms with E-state index in [2.05, 4.69) is 20.6 Å². The first-order chi connectivity index (χ1) is 8.36. The molecule has 86 valence electrons. The number of methoxy groups -OCH3 is 1. The van der Waals surface area contributed by atoms with Gasteiger partial charge in [0.05, 0.1) is 12.8 Å². The van der Waals surface area contributed by atoms with Crippen molar-refractivity contribution in [2.45, 2.75) is 5.16 Å². The van der Waals surface area contributed by atoms with Crippen LogP contribution in [0.25, 0.3) is 0 Å². The topological polar surface area (TPSA) is 65.2 Å². The van der Waals surface area contributed by atoms with E-state index in [1.807, 2.05) is 24.3 Å². The highest BCUT2D eigenvalue weighted by atomic mass is 32.2. The summed E-state index contributed by atoms with van der Waals surface area (Å²) in [6.07, 6.45) is 0. The van der Waals surface area contributed by atoms with Crippen LogP contribution in [0.1, 0.15) is 5.56 Å². The molecule has 1 aliphatic rings. The minimum absolute atomic E-state index is 0.724. The van der Waals surface area contributed by atoms with E-state index in [4.69, 9.17) is 4.74 Å². The zero-order valence-corrected chi connectivity index (χ0v) is 9.89. The van der Waals surface area contributed by atoms with E-state index in [0.717, 1.165) is 27.9 Å². The average Bonchev–Trinajstić information content (AvgIpc) is 2.86. The lowest BCUT2D eigenvalue weighted by atomic mass is 10.1. The van der Waals surface area contributed by atoms with Gasteiger partial charge in [-0.15, -0.1) is 9.89 Å². The highest BCUT2D eigenvalue weighted by Crippen LogP contribution is 2.22. The van der Waals surface area contributed by atoms with Crippen molar-refractivity contribution in [1.29, 1.82) is 0 Å². The molecule has 0 aliphatic carbocycles. The van der Waals surface area contributed by atoms with Crippen LogP contribution in [0, 0.1) is 0 Å². The fourth-order valence-electron chi connectivity index (χ4n) is 1.52. The summed E-state index contributed by atoms with van der Waals surface area (Å²) in [6.45, 7) is 0. The van der Waals surface area contributed by atoms with Gasteiger partial charge in [0.25, 0.3) is 0 Å². The number of hydrogen-bond donors (Lipinski definition) is 0. The van der Waals surface area contributed by atoms with Crippen LogP contribution < -0.4 is 4.74 Å². The van der Waals surface area contributed by atoms with E-state index >= 15 is 0 Å². The Bertz CT molecular complexity index is 562. The summed E-state index contributed by atoms with van der Waals surface area (Å²) < 4.78 is 5.12. The van der Waals surface area contributed by atoms with Gasteiger partial charge in [-0.25, -0.2) is 0 Å². The maximum Gasteiger partial charge on any atom is 0.233 e. The third kappa shape index (κ3) is 1.89. The van der Waals surface area contributed by atoms with Crippen LogP contribution >= 0.6 is 11.8 Å². The molecule has 0 fully saturated rings. The highest BCUT2D eigenvalue weighted by Gasteiger charge is 2.16. The second kappa shape index (κ2) is 4.17. The van der Waals surface area contributed by atoms with Gasteiger partial charge in [0.2, 0.25) is 5.16 Å². The zero-order chi connectivity index (χ0) is 11.7. The fraction of sp³-hybridized carbons (Fsp3) is 0.200. The highest BCUT2D eigenvalue weighted by molar-refractivity contribution is 7.99. The smallest absolute Gasteiger partial charge is 0.233 e.